The van der Waals surface area contributed by atoms with Crippen molar-refractivity contribution < 1.29 is 23.1 Å². The molecule has 1 heterocycles. The smallest absolute Gasteiger partial charge is 0.254 e. The van der Waals surface area contributed by atoms with Crippen molar-refractivity contribution in [1.82, 2.24) is 9.80 Å². The molecular weight excluding hydrogens is 390 g/mol. The first kappa shape index (κ1) is 21.9. The average Bonchev–Trinajstić information content (AvgIpc) is 2.73. The van der Waals surface area contributed by atoms with E-state index in [2.05, 4.69) is 0 Å². The summed E-state index contributed by atoms with van der Waals surface area (Å²) in [6.45, 7) is 5.99. The minimum atomic E-state index is -0.396. The lowest BCUT2D eigenvalue weighted by molar-refractivity contribution is -0.0340. The van der Waals surface area contributed by atoms with Gasteiger partial charge < -0.3 is 14.5 Å². The molecule has 3 rings (SSSR count). The highest BCUT2D eigenvalue weighted by atomic mass is 19.1. The largest absolute Gasteiger partial charge is 0.373 e. The van der Waals surface area contributed by atoms with E-state index in [0.29, 0.717) is 43.9 Å². The molecule has 0 saturated carbocycles. The van der Waals surface area contributed by atoms with Crippen LogP contribution in [0.5, 0.6) is 0 Å². The first-order valence-corrected chi connectivity index (χ1v) is 10.0. The lowest BCUT2D eigenvalue weighted by Crippen LogP contribution is -2.51. The fourth-order valence-electron chi connectivity index (χ4n) is 3.49. The number of rotatable bonds is 6. The van der Waals surface area contributed by atoms with Crippen LogP contribution in [0.1, 0.15) is 34.6 Å². The van der Waals surface area contributed by atoms with Crippen molar-refractivity contribution in [2.24, 2.45) is 5.92 Å². The first-order valence-electron chi connectivity index (χ1n) is 10.0. The number of halogens is 2. The van der Waals surface area contributed by atoms with Gasteiger partial charge in [-0.05, 0) is 54.4 Å². The second-order valence-electron chi connectivity index (χ2n) is 7.86. The predicted octanol–water partition coefficient (Wildman–Crippen LogP) is 3.60. The second-order valence-corrected chi connectivity index (χ2v) is 7.86. The van der Waals surface area contributed by atoms with E-state index in [1.165, 1.54) is 48.5 Å². The van der Waals surface area contributed by atoms with Crippen LogP contribution < -0.4 is 0 Å². The van der Waals surface area contributed by atoms with Crippen molar-refractivity contribution >= 4 is 11.8 Å². The molecule has 0 N–H and O–H groups in total. The summed E-state index contributed by atoms with van der Waals surface area (Å²) in [4.78, 5) is 29.1. The van der Waals surface area contributed by atoms with Crippen LogP contribution in [0.4, 0.5) is 8.78 Å². The standard InChI is InChI=1S/C23H26F2N2O3/c1-16(2)13-27(23(29)18-5-9-20(25)10-6-18)15-21-14-26(11-12-30-21)22(28)17-3-7-19(24)8-4-17/h3-10,16,21H,11-15H2,1-2H3. The van der Waals surface area contributed by atoms with Gasteiger partial charge in [0.2, 0.25) is 0 Å². The summed E-state index contributed by atoms with van der Waals surface area (Å²) in [6, 6.07) is 10.9. The lowest BCUT2D eigenvalue weighted by Gasteiger charge is -2.36. The highest BCUT2D eigenvalue weighted by molar-refractivity contribution is 5.95. The van der Waals surface area contributed by atoms with Gasteiger partial charge in [-0.25, -0.2) is 8.78 Å². The van der Waals surface area contributed by atoms with Gasteiger partial charge in [0.25, 0.3) is 11.8 Å². The third kappa shape index (κ3) is 5.63. The Balaban J connectivity index is 1.69. The van der Waals surface area contributed by atoms with E-state index >= 15 is 0 Å². The predicted molar refractivity (Wildman–Crippen MR) is 109 cm³/mol. The molecule has 5 nitrogen and oxygen atoms in total. The summed E-state index contributed by atoms with van der Waals surface area (Å²) < 4.78 is 32.2. The Kier molecular flexibility index (Phi) is 7.15. The monoisotopic (exact) mass is 416 g/mol. The van der Waals surface area contributed by atoms with E-state index < -0.39 is 11.6 Å². The maximum atomic E-state index is 13.2. The molecule has 0 bridgehead atoms. The second kappa shape index (κ2) is 9.80. The number of benzene rings is 2. The molecule has 7 heteroatoms. The summed E-state index contributed by atoms with van der Waals surface area (Å²) >= 11 is 0. The van der Waals surface area contributed by atoms with E-state index in [1.54, 1.807) is 9.80 Å². The molecule has 0 radical (unpaired) electrons. The quantitative estimate of drug-likeness (QED) is 0.723. The van der Waals surface area contributed by atoms with Gasteiger partial charge >= 0.3 is 0 Å². The summed E-state index contributed by atoms with van der Waals surface area (Å²) in [5, 5.41) is 0. The number of nitrogens with zero attached hydrogens (tertiary/aromatic N) is 2. The van der Waals surface area contributed by atoms with Gasteiger partial charge in [-0.3, -0.25) is 9.59 Å². The van der Waals surface area contributed by atoms with Crippen LogP contribution >= 0.6 is 0 Å². The molecule has 2 amide bonds. The normalized spacial score (nSPS) is 16.6. The Morgan fingerprint density at radius 3 is 2.17 bits per heavy atom. The number of hydrogen-bond donors (Lipinski definition) is 0. The molecule has 1 aliphatic rings. The van der Waals surface area contributed by atoms with E-state index in [-0.39, 0.29) is 23.8 Å². The Morgan fingerprint density at radius 1 is 1.03 bits per heavy atom. The van der Waals surface area contributed by atoms with Gasteiger partial charge in [0.15, 0.2) is 0 Å². The summed E-state index contributed by atoms with van der Waals surface area (Å²) in [6.07, 6.45) is -0.341. The van der Waals surface area contributed by atoms with Crippen molar-refractivity contribution in [3.63, 3.8) is 0 Å². The number of carbonyl (C=O) groups is 2. The lowest BCUT2D eigenvalue weighted by atomic mass is 10.1. The molecule has 0 aliphatic carbocycles. The third-order valence-corrected chi connectivity index (χ3v) is 4.91. The van der Waals surface area contributed by atoms with Gasteiger partial charge in [-0.1, -0.05) is 13.8 Å². The number of carbonyl (C=O) groups excluding carboxylic acids is 2. The van der Waals surface area contributed by atoms with Crippen LogP contribution in [-0.4, -0.2) is 60.5 Å². The molecule has 1 aliphatic heterocycles. The maximum Gasteiger partial charge on any atom is 0.254 e. The Labute approximate surface area is 175 Å². The number of ether oxygens (including phenoxy) is 1. The molecule has 2 aromatic carbocycles. The fourth-order valence-corrected chi connectivity index (χ4v) is 3.49. The van der Waals surface area contributed by atoms with Gasteiger partial charge in [-0.2, -0.15) is 0 Å². The zero-order valence-electron chi connectivity index (χ0n) is 17.2. The third-order valence-electron chi connectivity index (χ3n) is 4.91. The highest BCUT2D eigenvalue weighted by Gasteiger charge is 2.28. The Bertz CT molecular complexity index is 869. The zero-order chi connectivity index (χ0) is 21.7. The minimum Gasteiger partial charge on any atom is -0.373 e. The van der Waals surface area contributed by atoms with Crippen molar-refractivity contribution in [2.45, 2.75) is 20.0 Å². The van der Waals surface area contributed by atoms with Crippen LogP contribution in [0, 0.1) is 17.6 Å². The van der Waals surface area contributed by atoms with Crippen LogP contribution in [0.15, 0.2) is 48.5 Å². The number of hydrogen-bond acceptors (Lipinski definition) is 3. The first-order chi connectivity index (χ1) is 14.3. The highest BCUT2D eigenvalue weighted by Crippen LogP contribution is 2.15. The SMILES string of the molecule is CC(C)CN(CC1CN(C(=O)c2ccc(F)cc2)CCO1)C(=O)c1ccc(F)cc1. The fraction of sp³-hybridized carbons (Fsp3) is 0.391. The zero-order valence-corrected chi connectivity index (χ0v) is 17.2. The number of amides is 2. The van der Waals surface area contributed by atoms with Gasteiger partial charge in [0.05, 0.1) is 12.7 Å². The summed E-state index contributed by atoms with van der Waals surface area (Å²) in [7, 11) is 0. The molecule has 160 valence electrons. The van der Waals surface area contributed by atoms with Crippen molar-refractivity contribution in [1.29, 1.82) is 0 Å². The van der Waals surface area contributed by atoms with E-state index in [1.807, 2.05) is 13.8 Å². The minimum absolute atomic E-state index is 0.191. The van der Waals surface area contributed by atoms with Gasteiger partial charge in [0.1, 0.15) is 11.6 Å². The maximum absolute atomic E-state index is 13.2. The van der Waals surface area contributed by atoms with Crippen LogP contribution in [-0.2, 0) is 4.74 Å². The molecular formula is C23H26F2N2O3. The van der Waals surface area contributed by atoms with Crippen molar-refractivity contribution in [3.8, 4) is 0 Å². The van der Waals surface area contributed by atoms with E-state index in [0.717, 1.165) is 0 Å². The summed E-state index contributed by atoms with van der Waals surface area (Å²) in [5.41, 5.74) is 0.825. The summed E-state index contributed by atoms with van der Waals surface area (Å²) in [5.74, 6) is -0.949. The van der Waals surface area contributed by atoms with Gasteiger partial charge in [-0.15, -0.1) is 0 Å². The number of morpholine rings is 1. The molecule has 0 aromatic heterocycles. The Hall–Kier alpha value is -2.80. The van der Waals surface area contributed by atoms with Gasteiger partial charge in [0, 0.05) is 37.3 Å². The van der Waals surface area contributed by atoms with Crippen molar-refractivity contribution in [2.75, 3.05) is 32.8 Å². The topological polar surface area (TPSA) is 49.9 Å². The van der Waals surface area contributed by atoms with E-state index in [9.17, 15) is 18.4 Å². The van der Waals surface area contributed by atoms with Crippen LogP contribution in [0.2, 0.25) is 0 Å². The molecule has 2 aromatic rings. The molecule has 1 fully saturated rings. The van der Waals surface area contributed by atoms with E-state index in [4.69, 9.17) is 4.74 Å². The Morgan fingerprint density at radius 2 is 1.60 bits per heavy atom. The van der Waals surface area contributed by atoms with Crippen molar-refractivity contribution in [3.05, 3.63) is 71.3 Å². The average molecular weight is 416 g/mol. The molecule has 1 unspecified atom stereocenters. The molecule has 0 spiro atoms. The molecule has 30 heavy (non-hydrogen) atoms. The van der Waals surface area contributed by atoms with Crippen LogP contribution in [0.25, 0.3) is 0 Å². The molecule has 1 atom stereocenters. The molecule has 1 saturated heterocycles. The van der Waals surface area contributed by atoms with Crippen LogP contribution in [0.3, 0.4) is 0 Å².